The lowest BCUT2D eigenvalue weighted by Crippen LogP contribution is -2.10. The zero-order chi connectivity index (χ0) is 33.2. The van der Waals surface area contributed by atoms with E-state index in [0.717, 1.165) is 38.9 Å². The van der Waals surface area contributed by atoms with Crippen LogP contribution in [-0.4, -0.2) is 14.5 Å². The molecule has 0 spiro atoms. The van der Waals surface area contributed by atoms with E-state index >= 15 is 0 Å². The summed E-state index contributed by atoms with van der Waals surface area (Å²) in [5, 5.41) is 1.79. The summed E-state index contributed by atoms with van der Waals surface area (Å²) < 4.78 is 26.5. The Morgan fingerprint density at radius 3 is 2.11 bits per heavy atom. The molecule has 45 heavy (non-hydrogen) atoms. The SMILES string of the molecule is [2H]C([2H])(c1ccc2c(n1)oc1c(-c3nc4ccccc4n3-c3c(C(C)C)cc(-c4ccccc4)cc3C(C)C)cccc12)C(C)(C)C. The molecule has 4 nitrogen and oxygen atoms in total. The largest absolute Gasteiger partial charge is 0.437 e. The molecule has 0 aliphatic rings. The maximum atomic E-state index is 8.82. The van der Waals surface area contributed by atoms with Crippen LogP contribution < -0.4 is 0 Å². The van der Waals surface area contributed by atoms with E-state index in [1.165, 1.54) is 22.3 Å². The molecule has 0 saturated heterocycles. The predicted molar refractivity (Wildman–Crippen MR) is 188 cm³/mol. The number of hydrogen-bond acceptors (Lipinski definition) is 3. The molecular weight excluding hydrogens is 550 g/mol. The number of rotatable bonds is 6. The molecule has 3 heterocycles. The lowest BCUT2D eigenvalue weighted by molar-refractivity contribution is 0.406. The smallest absolute Gasteiger partial charge is 0.227 e. The summed E-state index contributed by atoms with van der Waals surface area (Å²) in [5.74, 6) is 1.31. The Kier molecular flexibility index (Phi) is 6.54. The van der Waals surface area contributed by atoms with Crippen molar-refractivity contribution in [3.8, 4) is 28.2 Å². The van der Waals surface area contributed by atoms with Crippen molar-refractivity contribution in [3.05, 3.63) is 114 Å². The fourth-order valence-electron chi connectivity index (χ4n) is 6.36. The van der Waals surface area contributed by atoms with Crippen molar-refractivity contribution in [2.45, 2.75) is 66.7 Å². The van der Waals surface area contributed by atoms with Gasteiger partial charge in [-0.25, -0.2) is 9.97 Å². The highest BCUT2D eigenvalue weighted by molar-refractivity contribution is 6.08. The standard InChI is InChI=1S/C41H41N3O/c1-25(2)33-22-28(27-14-9-8-10-15-27)23-34(26(3)4)37(33)44-36-19-12-11-18-35(36)43-39(44)32-17-13-16-30-31-21-20-29(24-41(5,6)7)42-40(31)45-38(30)32/h8-23,25-26H,24H2,1-7H3/i24D2. The Balaban J connectivity index is 1.53. The van der Waals surface area contributed by atoms with Crippen LogP contribution in [0.3, 0.4) is 0 Å². The van der Waals surface area contributed by atoms with Gasteiger partial charge in [-0.3, -0.25) is 4.57 Å². The minimum atomic E-state index is -1.64. The van der Waals surface area contributed by atoms with Gasteiger partial charge in [-0.2, -0.15) is 0 Å². The van der Waals surface area contributed by atoms with Crippen LogP contribution in [0.15, 0.2) is 101 Å². The fourth-order valence-corrected chi connectivity index (χ4v) is 6.36. The van der Waals surface area contributed by atoms with E-state index in [4.69, 9.17) is 17.1 Å². The van der Waals surface area contributed by atoms with E-state index < -0.39 is 11.8 Å². The van der Waals surface area contributed by atoms with Gasteiger partial charge in [-0.15, -0.1) is 0 Å². The average Bonchev–Trinajstić information content (AvgIpc) is 3.62. The lowest BCUT2D eigenvalue weighted by Gasteiger charge is -2.24. The summed E-state index contributed by atoms with van der Waals surface area (Å²) in [6.45, 7) is 14.7. The van der Waals surface area contributed by atoms with Crippen molar-refractivity contribution in [1.82, 2.24) is 14.5 Å². The Morgan fingerprint density at radius 2 is 1.42 bits per heavy atom. The van der Waals surface area contributed by atoms with E-state index in [9.17, 15) is 0 Å². The first kappa shape index (κ1) is 26.7. The molecule has 3 aromatic heterocycles. The fraction of sp³-hybridized carbons (Fsp3) is 0.268. The Bertz CT molecular complexity index is 2240. The second-order valence-corrected chi connectivity index (χ2v) is 13.6. The number of fused-ring (bicyclic) bond motifs is 4. The lowest BCUT2D eigenvalue weighted by atomic mass is 9.88. The van der Waals surface area contributed by atoms with E-state index in [-0.39, 0.29) is 11.8 Å². The minimum absolute atomic E-state index is 0.252. The van der Waals surface area contributed by atoms with Crippen LogP contribution in [0.4, 0.5) is 0 Å². The predicted octanol–water partition coefficient (Wildman–Crippen LogP) is 11.5. The first-order valence-electron chi connectivity index (χ1n) is 16.9. The summed E-state index contributed by atoms with van der Waals surface area (Å²) in [5.41, 5.74) is 9.75. The molecule has 4 heteroatoms. The highest BCUT2D eigenvalue weighted by atomic mass is 16.3. The zero-order valence-corrected chi connectivity index (χ0v) is 27.1. The zero-order valence-electron chi connectivity index (χ0n) is 29.1. The van der Waals surface area contributed by atoms with Gasteiger partial charge in [0.25, 0.3) is 0 Å². The first-order chi connectivity index (χ1) is 22.4. The maximum Gasteiger partial charge on any atom is 0.227 e. The van der Waals surface area contributed by atoms with Crippen LogP contribution >= 0.6 is 0 Å². The van der Waals surface area contributed by atoms with E-state index in [2.05, 4.69) is 99.0 Å². The van der Waals surface area contributed by atoms with Gasteiger partial charge in [0, 0.05) is 19.2 Å². The summed E-state index contributed by atoms with van der Waals surface area (Å²) in [4.78, 5) is 10.0. The summed E-state index contributed by atoms with van der Waals surface area (Å²) in [7, 11) is 0. The highest BCUT2D eigenvalue weighted by Gasteiger charge is 2.25. The van der Waals surface area contributed by atoms with E-state index in [1.807, 2.05) is 45.0 Å². The third-order valence-corrected chi connectivity index (χ3v) is 8.41. The molecule has 7 aromatic rings. The molecule has 0 fully saturated rings. The number of furan rings is 1. The van der Waals surface area contributed by atoms with Gasteiger partial charge in [-0.05, 0) is 88.3 Å². The van der Waals surface area contributed by atoms with Gasteiger partial charge < -0.3 is 4.42 Å². The molecule has 0 N–H and O–H groups in total. The van der Waals surface area contributed by atoms with E-state index in [0.29, 0.717) is 17.0 Å². The Morgan fingerprint density at radius 1 is 0.733 bits per heavy atom. The van der Waals surface area contributed by atoms with Crippen LogP contribution in [0, 0.1) is 5.41 Å². The number of hydrogen-bond donors (Lipinski definition) is 0. The topological polar surface area (TPSA) is 43.9 Å². The number of nitrogens with zero attached hydrogens (tertiary/aromatic N) is 3. The second kappa shape index (κ2) is 11.0. The third kappa shape index (κ3) is 5.22. The second-order valence-electron chi connectivity index (χ2n) is 13.6. The van der Waals surface area contributed by atoms with Crippen molar-refractivity contribution in [1.29, 1.82) is 0 Å². The van der Waals surface area contributed by atoms with E-state index in [1.54, 1.807) is 6.07 Å². The molecule has 7 rings (SSSR count). The number of para-hydroxylation sites is 3. The Labute approximate surface area is 268 Å². The van der Waals surface area contributed by atoms with Crippen LogP contribution in [0.25, 0.3) is 61.3 Å². The number of benzene rings is 4. The molecule has 0 aliphatic carbocycles. The first-order valence-corrected chi connectivity index (χ1v) is 15.9. The highest BCUT2D eigenvalue weighted by Crippen LogP contribution is 2.42. The summed E-state index contributed by atoms with van der Waals surface area (Å²) in [6.07, 6.45) is -1.64. The molecule has 226 valence electrons. The molecular formula is C41H41N3O. The molecule has 0 atom stereocenters. The summed E-state index contributed by atoms with van der Waals surface area (Å²) >= 11 is 0. The number of pyridine rings is 1. The molecule has 0 amide bonds. The number of aromatic nitrogens is 3. The molecule has 0 bridgehead atoms. The van der Waals surface area contributed by atoms with Crippen molar-refractivity contribution in [2.24, 2.45) is 5.41 Å². The molecule has 0 aliphatic heterocycles. The number of imidazole rings is 1. The van der Waals surface area contributed by atoms with Gasteiger partial charge in [-0.1, -0.05) is 103 Å². The average molecular weight is 594 g/mol. The van der Waals surface area contributed by atoms with Crippen LogP contribution in [0.5, 0.6) is 0 Å². The van der Waals surface area contributed by atoms with Crippen molar-refractivity contribution < 1.29 is 7.16 Å². The maximum absolute atomic E-state index is 8.82. The van der Waals surface area contributed by atoms with Crippen molar-refractivity contribution in [3.63, 3.8) is 0 Å². The summed E-state index contributed by atoms with van der Waals surface area (Å²) in [6, 6.07) is 33.5. The van der Waals surface area contributed by atoms with Gasteiger partial charge in [0.15, 0.2) is 0 Å². The van der Waals surface area contributed by atoms with Gasteiger partial charge in [0.05, 0.1) is 22.3 Å². The van der Waals surface area contributed by atoms with Crippen molar-refractivity contribution >= 4 is 33.1 Å². The quantitative estimate of drug-likeness (QED) is 0.193. The normalized spacial score (nSPS) is 13.4. The van der Waals surface area contributed by atoms with Crippen LogP contribution in [0.1, 0.15) is 79.9 Å². The molecule has 0 unspecified atom stereocenters. The monoisotopic (exact) mass is 593 g/mol. The molecule has 0 saturated carbocycles. The minimum Gasteiger partial charge on any atom is -0.437 e. The van der Waals surface area contributed by atoms with Gasteiger partial charge in [0.1, 0.15) is 11.4 Å². The third-order valence-electron chi connectivity index (χ3n) is 8.41. The van der Waals surface area contributed by atoms with Gasteiger partial charge >= 0.3 is 0 Å². The van der Waals surface area contributed by atoms with Gasteiger partial charge in [0.2, 0.25) is 5.71 Å². The van der Waals surface area contributed by atoms with Crippen molar-refractivity contribution in [2.75, 3.05) is 0 Å². The Hall–Kier alpha value is -4.70. The van der Waals surface area contributed by atoms with Crippen LogP contribution in [-0.2, 0) is 6.37 Å². The molecule has 0 radical (unpaired) electrons. The molecule has 4 aromatic carbocycles. The van der Waals surface area contributed by atoms with Crippen LogP contribution in [0.2, 0.25) is 0 Å².